The fourth-order valence-electron chi connectivity index (χ4n) is 8.30. The lowest BCUT2D eigenvalue weighted by Gasteiger charge is -2.47. The molecule has 1 amide bonds. The predicted molar refractivity (Wildman–Crippen MR) is 201 cm³/mol. The van der Waals surface area contributed by atoms with Gasteiger partial charge in [-0.05, 0) is 56.6 Å². The first-order chi connectivity index (χ1) is 28.3. The van der Waals surface area contributed by atoms with Gasteiger partial charge in [0.15, 0.2) is 24.1 Å². The molecule has 20 heteroatoms. The molecule has 2 saturated heterocycles. The van der Waals surface area contributed by atoms with Gasteiger partial charge in [-0.25, -0.2) is 0 Å². The molecule has 0 aromatic heterocycles. The van der Waals surface area contributed by atoms with Crippen LogP contribution in [0.3, 0.4) is 0 Å². The maximum atomic E-state index is 14.1. The number of hydrogen-bond donors (Lipinski definition) is 11. The van der Waals surface area contributed by atoms with Gasteiger partial charge in [0.2, 0.25) is 0 Å². The third-order valence-corrected chi connectivity index (χ3v) is 11.4. The summed E-state index contributed by atoms with van der Waals surface area (Å²) < 4.78 is 28.9. The van der Waals surface area contributed by atoms with Crippen molar-refractivity contribution in [2.45, 2.75) is 94.3 Å². The lowest BCUT2D eigenvalue weighted by molar-refractivity contribution is -0.339. The van der Waals surface area contributed by atoms with Crippen LogP contribution in [0.15, 0.2) is 24.3 Å². The van der Waals surface area contributed by atoms with Gasteiger partial charge in [0.1, 0.15) is 71.8 Å². The molecular formula is C40H44N2O18. The van der Waals surface area contributed by atoms with Gasteiger partial charge >= 0.3 is 5.97 Å². The molecule has 12 atom stereocenters. The lowest BCUT2D eigenvalue weighted by atomic mass is 9.74. The third kappa shape index (κ3) is 6.83. The Kier molecular flexibility index (Phi) is 11.4. The van der Waals surface area contributed by atoms with E-state index in [0.29, 0.717) is 0 Å². The van der Waals surface area contributed by atoms with E-state index in [1.807, 2.05) is 0 Å². The fraction of sp³-hybridized carbons (Fsp3) is 0.450. The first kappa shape index (κ1) is 42.8. The Morgan fingerprint density at radius 3 is 2.13 bits per heavy atom. The number of ether oxygens (including phenoxy) is 5. The summed E-state index contributed by atoms with van der Waals surface area (Å²) in [5, 5.41) is 104. The van der Waals surface area contributed by atoms with Crippen LogP contribution in [0, 0.1) is 6.92 Å². The molecule has 0 radical (unpaired) electrons. The van der Waals surface area contributed by atoms with Gasteiger partial charge in [-0.15, -0.1) is 0 Å². The van der Waals surface area contributed by atoms with Crippen molar-refractivity contribution in [1.82, 2.24) is 10.6 Å². The zero-order valence-corrected chi connectivity index (χ0v) is 32.6. The molecule has 2 heterocycles. The van der Waals surface area contributed by atoms with Crippen molar-refractivity contribution in [3.05, 3.63) is 68.8 Å². The van der Waals surface area contributed by atoms with Crippen LogP contribution >= 0.6 is 0 Å². The van der Waals surface area contributed by atoms with E-state index in [-0.39, 0.29) is 33.6 Å². The van der Waals surface area contributed by atoms with Gasteiger partial charge in [-0.1, -0.05) is 6.07 Å². The number of ketones is 2. The maximum Gasteiger partial charge on any atom is 0.325 e. The summed E-state index contributed by atoms with van der Waals surface area (Å²) in [6, 6.07) is 2.44. The number of amides is 1. The Morgan fingerprint density at radius 1 is 0.833 bits per heavy atom. The number of likely N-dealkylation sites (N-methyl/N-ethyl adjacent to an activating group) is 1. The zero-order chi connectivity index (χ0) is 43.8. The number of nitrogens with one attached hydrogen (secondary N) is 2. The summed E-state index contributed by atoms with van der Waals surface area (Å²) >= 11 is 0. The smallest absolute Gasteiger partial charge is 0.325 e. The van der Waals surface area contributed by atoms with Crippen LogP contribution < -0.4 is 15.4 Å². The second-order valence-corrected chi connectivity index (χ2v) is 15.1. The Labute approximate surface area is 340 Å². The summed E-state index contributed by atoms with van der Waals surface area (Å²) in [4.78, 5) is 53.3. The largest absolute Gasteiger partial charge is 0.507 e. The van der Waals surface area contributed by atoms with E-state index in [4.69, 9.17) is 23.7 Å². The highest BCUT2D eigenvalue weighted by molar-refractivity contribution is 6.31. The van der Waals surface area contributed by atoms with Gasteiger partial charge in [0.05, 0.1) is 42.6 Å². The number of aryl methyl sites for hydroxylation is 1. The lowest BCUT2D eigenvalue weighted by Crippen LogP contribution is -2.65. The minimum Gasteiger partial charge on any atom is -0.507 e. The topological polar surface area (TPSA) is 321 Å². The summed E-state index contributed by atoms with van der Waals surface area (Å²) in [5.41, 5.74) is -3.36. The third-order valence-electron chi connectivity index (χ3n) is 11.4. The minimum absolute atomic E-state index is 0.0161. The van der Waals surface area contributed by atoms with Crippen molar-refractivity contribution in [3.8, 4) is 34.1 Å². The monoisotopic (exact) mass is 840 g/mol. The van der Waals surface area contributed by atoms with E-state index in [9.17, 15) is 65.1 Å². The first-order valence-corrected chi connectivity index (χ1v) is 18.8. The number of carbonyl (C=O) groups excluding carboxylic acids is 3. The second-order valence-electron chi connectivity index (χ2n) is 15.1. The van der Waals surface area contributed by atoms with E-state index in [0.717, 1.165) is 12.1 Å². The van der Waals surface area contributed by atoms with Crippen LogP contribution in [0.2, 0.25) is 0 Å². The van der Waals surface area contributed by atoms with Crippen LogP contribution in [0.25, 0.3) is 11.1 Å². The highest BCUT2D eigenvalue weighted by Crippen LogP contribution is 2.57. The summed E-state index contributed by atoms with van der Waals surface area (Å²) in [6.45, 7) is 3.76. The number of aliphatic carboxylic acids is 1. The average molecular weight is 841 g/mol. The maximum absolute atomic E-state index is 14.1. The number of aliphatic hydroxyl groups is 5. The molecule has 322 valence electrons. The number of carboxylic acids is 1. The van der Waals surface area contributed by atoms with E-state index in [1.165, 1.54) is 40.1 Å². The molecule has 3 aromatic rings. The number of rotatable bonds is 9. The van der Waals surface area contributed by atoms with Crippen LogP contribution in [0.1, 0.15) is 84.9 Å². The van der Waals surface area contributed by atoms with Crippen LogP contribution in [0.4, 0.5) is 0 Å². The number of methoxy groups -OCH3 is 1. The Balaban J connectivity index is 1.37. The standard InChI is InChI=1S/C40H44N2O18/c1-11-6-18-24(31(49)21(11)37(53)42-12(2)38(54)55)23-16(9-17-25(32(23)50)28(46)15-7-14(56-5)8-19(43)22(15)27(17)45)29(47)35(18)59-40-34(52)36(26(41-4)13(3)58-40)60-39-33(51)30(48)20(44)10-57-39/h6-9,12-13,20,26,29-30,33-36,39-41,43-44,47-52H,10H2,1-5H3,(H,42,53)(H,54,55)/t12-,13-,20-,26+,29+,30-,33-,34-,35+,36+,39+,40+/m1/s1. The number of fused-ring (bicyclic) bond motifs is 5. The molecule has 20 nitrogen and oxygen atoms in total. The SMILES string of the molecule is CN[C@@H]1[C@H](O[C@@H]2OC[C@@H](O)[C@@H](O)[C@H]2O)[C@@H](O)[C@H](O[C@H]2c3cc(C)c(C(=O)N[C@H](C)C(=O)O)c(O)c3-c3c(cc4c(c3O)C(=O)c3cc(OC)cc(O)c3C4=O)[C@@H]2O)O[C@@H]1C. The molecule has 60 heavy (non-hydrogen) atoms. The summed E-state index contributed by atoms with van der Waals surface area (Å²) in [6.07, 6.45) is -15.5. The van der Waals surface area contributed by atoms with Crippen molar-refractivity contribution in [3.63, 3.8) is 0 Å². The van der Waals surface area contributed by atoms with Crippen LogP contribution in [-0.2, 0) is 23.7 Å². The van der Waals surface area contributed by atoms with E-state index in [1.54, 1.807) is 6.92 Å². The van der Waals surface area contributed by atoms with Crippen LogP contribution in [-0.4, -0.2) is 151 Å². The van der Waals surface area contributed by atoms with Crippen LogP contribution in [0.5, 0.6) is 23.0 Å². The second kappa shape index (κ2) is 16.0. The van der Waals surface area contributed by atoms with Gasteiger partial charge in [0.25, 0.3) is 5.91 Å². The average Bonchev–Trinajstić information content (AvgIpc) is 3.19. The molecule has 3 aromatic carbocycles. The Bertz CT molecular complexity index is 2280. The van der Waals surface area contributed by atoms with Gasteiger partial charge in [-0.3, -0.25) is 19.2 Å². The van der Waals surface area contributed by atoms with Crippen molar-refractivity contribution in [2.24, 2.45) is 0 Å². The summed E-state index contributed by atoms with van der Waals surface area (Å²) in [5.74, 6) is -6.63. The van der Waals surface area contributed by atoms with Gasteiger partial charge < -0.3 is 80.3 Å². The fourth-order valence-corrected chi connectivity index (χ4v) is 8.30. The number of aromatic hydroxyl groups is 3. The highest BCUT2D eigenvalue weighted by atomic mass is 16.7. The molecule has 7 rings (SSSR count). The van der Waals surface area contributed by atoms with Crippen molar-refractivity contribution >= 4 is 23.4 Å². The van der Waals surface area contributed by atoms with E-state index >= 15 is 0 Å². The number of carboxylic acid groups (broad SMARTS) is 1. The molecule has 0 saturated carbocycles. The molecule has 0 unspecified atom stereocenters. The van der Waals surface area contributed by atoms with Crippen molar-refractivity contribution < 1.29 is 88.8 Å². The normalized spacial score (nSPS) is 30.1. The predicted octanol–water partition coefficient (Wildman–Crippen LogP) is -0.612. The van der Waals surface area contributed by atoms with Crippen molar-refractivity contribution in [1.29, 1.82) is 0 Å². The summed E-state index contributed by atoms with van der Waals surface area (Å²) in [7, 11) is 2.80. The highest BCUT2D eigenvalue weighted by Gasteiger charge is 2.51. The van der Waals surface area contributed by atoms with E-state index in [2.05, 4.69) is 10.6 Å². The first-order valence-electron chi connectivity index (χ1n) is 18.8. The number of phenolic OH excluding ortho intramolecular Hbond substituents is 3. The number of carbonyl (C=O) groups is 4. The zero-order valence-electron chi connectivity index (χ0n) is 32.6. The molecule has 11 N–H and O–H groups in total. The number of hydrogen-bond acceptors (Lipinski definition) is 18. The van der Waals surface area contributed by atoms with Gasteiger partial charge in [-0.2, -0.15) is 0 Å². The van der Waals surface area contributed by atoms with E-state index < -0.39 is 149 Å². The molecule has 4 aliphatic rings. The number of phenols is 3. The number of aliphatic hydroxyl groups excluding tert-OH is 5. The molecule has 2 aliphatic heterocycles. The van der Waals surface area contributed by atoms with Gasteiger partial charge in [0, 0.05) is 28.3 Å². The molecular weight excluding hydrogens is 796 g/mol. The minimum atomic E-state index is -1.89. The molecule has 2 fully saturated rings. The van der Waals surface area contributed by atoms with Crippen molar-refractivity contribution in [2.75, 3.05) is 20.8 Å². The number of benzene rings is 3. The Morgan fingerprint density at radius 2 is 1.48 bits per heavy atom. The Hall–Kier alpha value is -5.26. The molecule has 0 bridgehead atoms. The quantitative estimate of drug-likeness (QED) is 0.100. The molecule has 2 aliphatic carbocycles. The molecule has 0 spiro atoms.